The van der Waals surface area contributed by atoms with E-state index in [0.29, 0.717) is 0 Å². The van der Waals surface area contributed by atoms with Gasteiger partial charge < -0.3 is 0 Å². The quantitative estimate of drug-likeness (QED) is 0.141. The number of hydrogen-bond donors (Lipinski definition) is 0. The van der Waals surface area contributed by atoms with Gasteiger partial charge >= 0.3 is 404 Å². The molecule has 5 heteroatoms. The van der Waals surface area contributed by atoms with Gasteiger partial charge in [-0.15, -0.1) is 0 Å². The molecule has 1 aliphatic carbocycles. The average Bonchev–Trinajstić information content (AvgIpc) is 4.12. The summed E-state index contributed by atoms with van der Waals surface area (Å²) in [6.07, 6.45) is 0. The molecule has 12 aromatic rings. The third-order valence-corrected chi connectivity index (χ3v) is 21.9. The molecule has 0 radical (unpaired) electrons. The third-order valence-electron chi connectivity index (χ3n) is 17.1. The summed E-state index contributed by atoms with van der Waals surface area (Å²) >= 11 is 0. The maximum absolute atomic E-state index is 2.61. The van der Waals surface area contributed by atoms with Crippen LogP contribution in [-0.2, 0) is 5.41 Å². The van der Waals surface area contributed by atoms with Crippen molar-refractivity contribution in [1.82, 2.24) is 4.57 Å². The van der Waals surface area contributed by atoms with E-state index in [0.717, 1.165) is 22.7 Å². The number of aryl methyl sites for hydroxylation is 2. The van der Waals surface area contributed by atoms with Gasteiger partial charge in [0, 0.05) is 5.39 Å². The molecule has 11 aromatic carbocycles. The summed E-state index contributed by atoms with van der Waals surface area (Å²) in [5.74, 6) is 0. The summed E-state index contributed by atoms with van der Waals surface area (Å²) in [4.78, 5) is 5.07. The van der Waals surface area contributed by atoms with E-state index < -0.39 is 21.6 Å². The number of benzene rings is 11. The number of rotatable bonds is 8. The molecule has 0 saturated heterocycles. The molecule has 0 saturated carbocycles. The Bertz CT molecular complexity index is 4110. The van der Waals surface area contributed by atoms with Crippen LogP contribution >= 0.6 is 0 Å². The first kappa shape index (κ1) is 46.3. The number of para-hydroxylation sites is 3. The van der Waals surface area contributed by atoms with Gasteiger partial charge in [0.15, 0.2) is 0 Å². The van der Waals surface area contributed by atoms with Crippen LogP contribution < -0.4 is 20.2 Å². The second kappa shape index (κ2) is 16.9. The standard InChI is InChI=1S/C71H63N3Si2/c1-46-28-32-48(33-29-46)72(50-36-40-52(41-37-50)75(3,4)5)66-44-62-68(57-21-11-9-18-54(57)66)69-58-22-12-10-19-55(58)67(73(49-34-30-47(2)31-35-49)51-38-42-53(43-39-51)76(6,7)8)45-63(69)71(62)60-24-14-16-27-65(60)74-64-26-15-13-20-56(64)59-23-17-25-61(71)70(59)74/h9-45,75-76H,1-8H3/q-2. The van der Waals surface area contributed by atoms with E-state index in [-0.39, 0.29) is 0 Å². The van der Waals surface area contributed by atoms with Crippen molar-refractivity contribution in [3.63, 3.8) is 0 Å². The van der Waals surface area contributed by atoms with Gasteiger partial charge in [-0.3, -0.25) is 0 Å². The van der Waals surface area contributed by atoms with E-state index in [1.165, 1.54) is 115 Å². The molecule has 1 aromatic heterocycles. The molecule has 0 fully saturated rings. The fourth-order valence-electron chi connectivity index (χ4n) is 13.3. The Morgan fingerprint density at radius 1 is 0.342 bits per heavy atom. The Kier molecular flexibility index (Phi) is 10.3. The molecule has 1 aliphatic heterocycles. The van der Waals surface area contributed by atoms with E-state index in [2.05, 4.69) is 292 Å². The van der Waals surface area contributed by atoms with Gasteiger partial charge in [-0.05, 0) is 6.07 Å². The summed E-state index contributed by atoms with van der Waals surface area (Å²) < 4.78 is 2.57. The number of hydrogen-bond acceptors (Lipinski definition) is 2. The van der Waals surface area contributed by atoms with Gasteiger partial charge in [0.05, 0.1) is 5.52 Å². The topological polar surface area (TPSA) is 11.4 Å². The molecular formula is C71H63N3Si2-2. The molecule has 0 amide bonds. The van der Waals surface area contributed by atoms with E-state index >= 15 is 0 Å². The van der Waals surface area contributed by atoms with E-state index in [1.807, 2.05) is 0 Å². The van der Waals surface area contributed by atoms with Crippen molar-refractivity contribution in [2.45, 2.75) is 58.5 Å². The summed E-state index contributed by atoms with van der Waals surface area (Å²) in [6, 6.07) is 86.6. The van der Waals surface area contributed by atoms with Gasteiger partial charge in [0.2, 0.25) is 0 Å². The van der Waals surface area contributed by atoms with Crippen LogP contribution in [0.25, 0.3) is 60.2 Å². The predicted molar refractivity (Wildman–Crippen MR) is 334 cm³/mol. The van der Waals surface area contributed by atoms with Crippen LogP contribution in [-0.4, -0.2) is 20.7 Å². The SMILES string of the molecule is Cc1ccc(N(c2ccc([SiH-](C)(C)C)cc2)c2cc3c(c4ccccc24)-c2c(cc(N(c4ccc(C)cc4)c4ccc([SiH-](C)(C)C)cc4)c4ccccc24)C32c3ccccc3-n3c4ccccc4c4cccc2c43)cc1. The number of anilines is 6. The fraction of sp³-hybridized carbons (Fsp3) is 0.127. The molecule has 2 heterocycles. The molecule has 0 atom stereocenters. The van der Waals surface area contributed by atoms with E-state index in [9.17, 15) is 0 Å². The first-order valence-electron chi connectivity index (χ1n) is 27.5. The van der Waals surface area contributed by atoms with Crippen molar-refractivity contribution in [1.29, 1.82) is 0 Å². The molecule has 1 spiro atoms. The first-order valence-corrected chi connectivity index (χ1v) is 35.6. The van der Waals surface area contributed by atoms with Crippen molar-refractivity contribution in [3.05, 3.63) is 258 Å². The Balaban J connectivity index is 1.17. The summed E-state index contributed by atoms with van der Waals surface area (Å²) in [5.41, 5.74) is 20.1. The van der Waals surface area contributed by atoms with Crippen LogP contribution in [0.15, 0.2) is 224 Å². The van der Waals surface area contributed by atoms with Gasteiger partial charge in [0.1, 0.15) is 0 Å². The van der Waals surface area contributed by atoms with Crippen molar-refractivity contribution < 1.29 is 0 Å². The van der Waals surface area contributed by atoms with Crippen LogP contribution in [0.3, 0.4) is 0 Å². The van der Waals surface area contributed by atoms with Gasteiger partial charge in [-0.2, -0.15) is 0 Å². The molecule has 0 N–H and O–H groups in total. The Morgan fingerprint density at radius 3 is 1.20 bits per heavy atom. The molecule has 3 nitrogen and oxygen atoms in total. The van der Waals surface area contributed by atoms with E-state index in [1.54, 1.807) is 0 Å². The number of fused-ring (bicyclic) bond motifs is 16. The van der Waals surface area contributed by atoms with Crippen LogP contribution in [0, 0.1) is 13.8 Å². The zero-order valence-corrected chi connectivity index (χ0v) is 47.2. The zero-order chi connectivity index (χ0) is 51.8. The summed E-state index contributed by atoms with van der Waals surface area (Å²) in [6.45, 7) is 19.2. The van der Waals surface area contributed by atoms with Gasteiger partial charge in [-0.25, -0.2) is 0 Å². The normalized spacial score (nSPS) is 15.1. The molecule has 76 heavy (non-hydrogen) atoms. The van der Waals surface area contributed by atoms with Crippen molar-refractivity contribution in [3.8, 4) is 16.8 Å². The second-order valence-electron chi connectivity index (χ2n) is 24.3. The molecule has 14 rings (SSSR count). The maximum atomic E-state index is 2.61. The van der Waals surface area contributed by atoms with Crippen molar-refractivity contribution in [2.24, 2.45) is 0 Å². The first-order chi connectivity index (χ1) is 36.8. The molecule has 0 unspecified atom stereocenters. The minimum atomic E-state index is -1.91. The summed E-state index contributed by atoms with van der Waals surface area (Å²) in [5, 5.41) is 10.4. The fourth-order valence-corrected chi connectivity index (χ4v) is 16.0. The van der Waals surface area contributed by atoms with Crippen LogP contribution in [0.2, 0.25) is 39.3 Å². The molecular weight excluding hydrogens is 951 g/mol. The van der Waals surface area contributed by atoms with Crippen molar-refractivity contribution >= 4 is 104 Å². The van der Waals surface area contributed by atoms with Crippen molar-refractivity contribution in [2.75, 3.05) is 9.80 Å². The third kappa shape index (κ3) is 6.78. The minimum absolute atomic E-state index is 0.758. The van der Waals surface area contributed by atoms with Crippen LogP contribution in [0.1, 0.15) is 33.4 Å². The Hall–Kier alpha value is -8.23. The predicted octanol–water partition coefficient (Wildman–Crippen LogP) is 17.9. The van der Waals surface area contributed by atoms with Crippen LogP contribution in [0.4, 0.5) is 34.1 Å². The molecule has 372 valence electrons. The molecule has 2 aliphatic rings. The van der Waals surface area contributed by atoms with Gasteiger partial charge in [-0.1, -0.05) is 30.3 Å². The van der Waals surface area contributed by atoms with Crippen LogP contribution in [0.5, 0.6) is 0 Å². The number of nitrogens with zero attached hydrogens (tertiary/aromatic N) is 3. The molecule has 0 bridgehead atoms. The Morgan fingerprint density at radius 2 is 0.724 bits per heavy atom. The Labute approximate surface area is 449 Å². The average molecular weight is 1010 g/mol. The number of aromatic nitrogens is 1. The van der Waals surface area contributed by atoms with Gasteiger partial charge in [0.25, 0.3) is 0 Å². The second-order valence-corrected chi connectivity index (χ2v) is 36.0. The summed E-state index contributed by atoms with van der Waals surface area (Å²) in [7, 11) is -3.82. The zero-order valence-electron chi connectivity index (χ0n) is 44.9. The van der Waals surface area contributed by atoms with E-state index in [4.69, 9.17) is 0 Å². The monoisotopic (exact) mass is 1010 g/mol.